The summed E-state index contributed by atoms with van der Waals surface area (Å²) in [6.45, 7) is 3.58. The topological polar surface area (TPSA) is 46.9 Å². The van der Waals surface area contributed by atoms with Crippen molar-refractivity contribution in [3.63, 3.8) is 0 Å². The molecular formula is C15H18BrN3O. The molecule has 5 heteroatoms. The Bertz CT molecular complexity index is 567. The molecule has 0 saturated heterocycles. The highest BCUT2D eigenvalue weighted by atomic mass is 79.9. The first-order valence-electron chi connectivity index (χ1n) is 6.67. The number of unbranched alkanes of at least 4 members (excludes halogenated alkanes) is 1. The number of amides is 1. The smallest absolute Gasteiger partial charge is 0.251 e. The van der Waals surface area contributed by atoms with Gasteiger partial charge in [-0.05, 0) is 37.5 Å². The molecule has 1 amide bonds. The summed E-state index contributed by atoms with van der Waals surface area (Å²) in [4.78, 5) is 16.1. The highest BCUT2D eigenvalue weighted by molar-refractivity contribution is 9.10. The molecule has 0 atom stereocenters. The van der Waals surface area contributed by atoms with Crippen molar-refractivity contribution in [2.45, 2.75) is 26.3 Å². The van der Waals surface area contributed by atoms with Crippen LogP contribution in [0, 0.1) is 6.92 Å². The SMILES string of the molecule is Cc1ccc(Br)cc1C(=O)NCCCCn1ccnc1. The standard InChI is InChI=1S/C15H18BrN3O/c1-12-4-5-13(16)10-14(12)15(20)18-6-2-3-8-19-9-7-17-11-19/h4-5,7,9-11H,2-3,6,8H2,1H3,(H,18,20). The summed E-state index contributed by atoms with van der Waals surface area (Å²) in [5.74, 6) is -0.00793. The number of nitrogens with one attached hydrogen (secondary N) is 1. The summed E-state index contributed by atoms with van der Waals surface area (Å²) in [7, 11) is 0. The first kappa shape index (κ1) is 14.8. The molecule has 20 heavy (non-hydrogen) atoms. The van der Waals surface area contributed by atoms with Crippen molar-refractivity contribution in [1.29, 1.82) is 0 Å². The number of nitrogens with zero attached hydrogens (tertiary/aromatic N) is 2. The predicted molar refractivity (Wildman–Crippen MR) is 82.7 cm³/mol. The third kappa shape index (κ3) is 4.20. The van der Waals surface area contributed by atoms with E-state index in [4.69, 9.17) is 0 Å². The average Bonchev–Trinajstić information content (AvgIpc) is 2.94. The van der Waals surface area contributed by atoms with Crippen LogP contribution in [0.2, 0.25) is 0 Å². The van der Waals surface area contributed by atoms with Crippen LogP contribution in [0.5, 0.6) is 0 Å². The Morgan fingerprint density at radius 2 is 2.25 bits per heavy atom. The summed E-state index contributed by atoms with van der Waals surface area (Å²) >= 11 is 3.39. The predicted octanol–water partition coefficient (Wildman–Crippen LogP) is 3.16. The number of hydrogen-bond acceptors (Lipinski definition) is 2. The Morgan fingerprint density at radius 1 is 1.40 bits per heavy atom. The monoisotopic (exact) mass is 335 g/mol. The number of hydrogen-bond donors (Lipinski definition) is 1. The van der Waals surface area contributed by atoms with Gasteiger partial charge in [-0.15, -0.1) is 0 Å². The lowest BCUT2D eigenvalue weighted by atomic mass is 10.1. The summed E-state index contributed by atoms with van der Waals surface area (Å²) in [6.07, 6.45) is 7.51. The molecule has 4 nitrogen and oxygen atoms in total. The number of aromatic nitrogens is 2. The number of halogens is 1. The van der Waals surface area contributed by atoms with Crippen molar-refractivity contribution < 1.29 is 4.79 Å². The van der Waals surface area contributed by atoms with Crippen molar-refractivity contribution in [3.05, 3.63) is 52.5 Å². The number of rotatable bonds is 6. The molecule has 0 fully saturated rings. The van der Waals surface area contributed by atoms with Crippen LogP contribution in [0.3, 0.4) is 0 Å². The quantitative estimate of drug-likeness (QED) is 0.824. The zero-order valence-electron chi connectivity index (χ0n) is 11.5. The molecule has 1 aromatic heterocycles. The van der Waals surface area contributed by atoms with Gasteiger partial charge in [0, 0.05) is 35.5 Å². The Kier molecular flexibility index (Phi) is 5.35. The fraction of sp³-hybridized carbons (Fsp3) is 0.333. The fourth-order valence-electron chi connectivity index (χ4n) is 1.97. The summed E-state index contributed by atoms with van der Waals surface area (Å²) in [5, 5.41) is 2.96. The van der Waals surface area contributed by atoms with E-state index in [2.05, 4.69) is 26.2 Å². The molecule has 1 N–H and O–H groups in total. The van der Waals surface area contributed by atoms with Crippen LogP contribution >= 0.6 is 15.9 Å². The molecule has 2 aromatic rings. The maximum atomic E-state index is 12.1. The molecule has 0 radical (unpaired) electrons. The van der Waals surface area contributed by atoms with Gasteiger partial charge in [-0.2, -0.15) is 0 Å². The number of aryl methyl sites for hydroxylation is 2. The van der Waals surface area contributed by atoms with E-state index >= 15 is 0 Å². The number of carbonyl (C=O) groups excluding carboxylic acids is 1. The highest BCUT2D eigenvalue weighted by Gasteiger charge is 2.08. The van der Waals surface area contributed by atoms with Gasteiger partial charge in [0.2, 0.25) is 0 Å². The Hall–Kier alpha value is -1.62. The lowest BCUT2D eigenvalue weighted by Crippen LogP contribution is -2.25. The molecule has 1 aromatic carbocycles. The molecule has 0 aliphatic carbocycles. The maximum Gasteiger partial charge on any atom is 0.251 e. The third-order valence-electron chi connectivity index (χ3n) is 3.13. The molecule has 0 aliphatic heterocycles. The molecule has 2 rings (SSSR count). The second-order valence-corrected chi connectivity index (χ2v) is 5.64. The average molecular weight is 336 g/mol. The van der Waals surface area contributed by atoms with E-state index in [1.54, 1.807) is 6.20 Å². The van der Waals surface area contributed by atoms with E-state index in [1.165, 1.54) is 0 Å². The summed E-state index contributed by atoms with van der Waals surface area (Å²) < 4.78 is 2.97. The van der Waals surface area contributed by atoms with Crippen LogP contribution in [0.25, 0.3) is 0 Å². The van der Waals surface area contributed by atoms with Crippen LogP contribution in [-0.4, -0.2) is 22.0 Å². The Balaban J connectivity index is 1.73. The molecule has 0 saturated carbocycles. The van der Waals surface area contributed by atoms with Crippen LogP contribution in [0.1, 0.15) is 28.8 Å². The van der Waals surface area contributed by atoms with Gasteiger partial charge in [-0.25, -0.2) is 4.98 Å². The van der Waals surface area contributed by atoms with Crippen molar-refractivity contribution in [3.8, 4) is 0 Å². The molecule has 1 heterocycles. The van der Waals surface area contributed by atoms with E-state index in [-0.39, 0.29) is 5.91 Å². The van der Waals surface area contributed by atoms with E-state index in [0.717, 1.165) is 35.0 Å². The largest absolute Gasteiger partial charge is 0.352 e. The van der Waals surface area contributed by atoms with Gasteiger partial charge in [0.1, 0.15) is 0 Å². The molecule has 0 bridgehead atoms. The maximum absolute atomic E-state index is 12.1. The minimum Gasteiger partial charge on any atom is -0.352 e. The molecule has 0 spiro atoms. The van der Waals surface area contributed by atoms with Crippen molar-refractivity contribution in [2.75, 3.05) is 6.54 Å². The zero-order chi connectivity index (χ0) is 14.4. The highest BCUT2D eigenvalue weighted by Crippen LogP contribution is 2.15. The number of benzene rings is 1. The van der Waals surface area contributed by atoms with E-state index in [0.29, 0.717) is 6.54 Å². The third-order valence-corrected chi connectivity index (χ3v) is 3.63. The van der Waals surface area contributed by atoms with Crippen LogP contribution < -0.4 is 5.32 Å². The first-order valence-corrected chi connectivity index (χ1v) is 7.46. The Labute approximate surface area is 127 Å². The molecular weight excluding hydrogens is 318 g/mol. The minimum atomic E-state index is -0.00793. The second kappa shape index (κ2) is 7.24. The Morgan fingerprint density at radius 3 is 3.00 bits per heavy atom. The van der Waals surface area contributed by atoms with Gasteiger partial charge in [-0.1, -0.05) is 22.0 Å². The van der Waals surface area contributed by atoms with Crippen molar-refractivity contribution >= 4 is 21.8 Å². The lowest BCUT2D eigenvalue weighted by Gasteiger charge is -2.08. The van der Waals surface area contributed by atoms with Crippen LogP contribution in [0.4, 0.5) is 0 Å². The van der Waals surface area contributed by atoms with Crippen LogP contribution in [-0.2, 0) is 6.54 Å². The minimum absolute atomic E-state index is 0.00793. The van der Waals surface area contributed by atoms with Crippen molar-refractivity contribution in [2.24, 2.45) is 0 Å². The lowest BCUT2D eigenvalue weighted by molar-refractivity contribution is 0.0952. The first-order chi connectivity index (χ1) is 9.66. The fourth-order valence-corrected chi connectivity index (χ4v) is 2.34. The van der Waals surface area contributed by atoms with Gasteiger partial charge in [0.15, 0.2) is 0 Å². The van der Waals surface area contributed by atoms with E-state index < -0.39 is 0 Å². The normalized spacial score (nSPS) is 10.5. The summed E-state index contributed by atoms with van der Waals surface area (Å²) in [5.41, 5.74) is 1.72. The van der Waals surface area contributed by atoms with Gasteiger partial charge in [0.25, 0.3) is 5.91 Å². The zero-order valence-corrected chi connectivity index (χ0v) is 13.1. The van der Waals surface area contributed by atoms with Crippen LogP contribution in [0.15, 0.2) is 41.4 Å². The van der Waals surface area contributed by atoms with E-state index in [1.807, 2.05) is 42.2 Å². The van der Waals surface area contributed by atoms with Crippen molar-refractivity contribution in [1.82, 2.24) is 14.9 Å². The summed E-state index contributed by atoms with van der Waals surface area (Å²) in [6, 6.07) is 5.74. The van der Waals surface area contributed by atoms with Gasteiger partial charge >= 0.3 is 0 Å². The van der Waals surface area contributed by atoms with Gasteiger partial charge in [0.05, 0.1) is 6.33 Å². The van der Waals surface area contributed by atoms with Gasteiger partial charge < -0.3 is 9.88 Å². The van der Waals surface area contributed by atoms with Gasteiger partial charge in [-0.3, -0.25) is 4.79 Å². The molecule has 106 valence electrons. The number of carbonyl (C=O) groups is 1. The second-order valence-electron chi connectivity index (χ2n) is 4.72. The molecule has 0 aliphatic rings. The van der Waals surface area contributed by atoms with E-state index in [9.17, 15) is 4.79 Å². The molecule has 0 unspecified atom stereocenters. The number of imidazole rings is 1.